The fourth-order valence-corrected chi connectivity index (χ4v) is 6.35. The third-order valence-corrected chi connectivity index (χ3v) is 9.04. The van der Waals surface area contributed by atoms with Gasteiger partial charge in [-0.25, -0.2) is 8.42 Å². The Morgan fingerprint density at radius 2 is 1.48 bits per heavy atom. The molecule has 9 heteroatoms. The van der Waals surface area contributed by atoms with Gasteiger partial charge in [0.25, 0.3) is 10.0 Å². The summed E-state index contributed by atoms with van der Waals surface area (Å²) in [7, 11) is -2.69. The monoisotopic (exact) mass is 613 g/mol. The van der Waals surface area contributed by atoms with Gasteiger partial charge in [0.2, 0.25) is 11.8 Å². The molecule has 230 valence electrons. The smallest absolute Gasteiger partial charge is 0.264 e. The number of anilines is 1. The molecule has 8 nitrogen and oxygen atoms in total. The Bertz CT molecular complexity index is 1660. The molecule has 0 spiro atoms. The van der Waals surface area contributed by atoms with E-state index in [4.69, 9.17) is 4.74 Å². The Labute approximate surface area is 260 Å². The highest BCUT2D eigenvalue weighted by Crippen LogP contribution is 2.28. The maximum atomic E-state index is 14.5. The van der Waals surface area contributed by atoms with Crippen LogP contribution in [0.2, 0.25) is 0 Å². The molecule has 44 heavy (non-hydrogen) atoms. The zero-order chi connectivity index (χ0) is 31.7. The number of carbonyl (C=O) groups is 2. The molecule has 0 saturated carbocycles. The van der Waals surface area contributed by atoms with Crippen molar-refractivity contribution >= 4 is 27.5 Å². The van der Waals surface area contributed by atoms with Crippen LogP contribution in [-0.4, -0.2) is 50.9 Å². The second-order valence-electron chi connectivity index (χ2n) is 10.8. The summed E-state index contributed by atoms with van der Waals surface area (Å²) in [6, 6.07) is 30.6. The van der Waals surface area contributed by atoms with E-state index >= 15 is 0 Å². The average Bonchev–Trinajstić information content (AvgIpc) is 3.02. The van der Waals surface area contributed by atoms with Gasteiger partial charge in [-0.2, -0.15) is 0 Å². The van der Waals surface area contributed by atoms with Crippen LogP contribution in [0.5, 0.6) is 5.75 Å². The van der Waals surface area contributed by atoms with Gasteiger partial charge in [0.05, 0.1) is 17.7 Å². The van der Waals surface area contributed by atoms with E-state index in [1.807, 2.05) is 75.4 Å². The number of methoxy groups -OCH3 is 1. The van der Waals surface area contributed by atoms with Crippen LogP contribution in [0.4, 0.5) is 5.69 Å². The number of ether oxygens (including phenoxy) is 1. The number of aryl methyl sites for hydroxylation is 1. The van der Waals surface area contributed by atoms with E-state index in [0.29, 0.717) is 5.75 Å². The topological polar surface area (TPSA) is 96.0 Å². The maximum absolute atomic E-state index is 14.5. The first-order valence-electron chi connectivity index (χ1n) is 14.5. The van der Waals surface area contributed by atoms with Gasteiger partial charge < -0.3 is 15.0 Å². The third kappa shape index (κ3) is 8.05. The zero-order valence-electron chi connectivity index (χ0n) is 25.5. The Morgan fingerprint density at radius 1 is 0.841 bits per heavy atom. The van der Waals surface area contributed by atoms with Crippen LogP contribution in [0, 0.1) is 6.92 Å². The van der Waals surface area contributed by atoms with E-state index in [1.54, 1.807) is 42.5 Å². The number of amides is 2. The lowest BCUT2D eigenvalue weighted by Crippen LogP contribution is -2.54. The molecule has 0 bridgehead atoms. The lowest BCUT2D eigenvalue weighted by molar-refractivity contribution is -0.140. The standard InChI is InChI=1S/C35H39N3O5S/c1-26(2)36-35(40)33(22-28-15-7-5-8-16-28)37(24-29-17-12-11-14-27(29)3)34(39)25-38(30-18-13-19-31(23-30)43-4)44(41,42)32-20-9-6-10-21-32/h5-21,23,26,33H,22,24-25H2,1-4H3,(H,36,40)/t33-/m1/s1. The van der Waals surface area contributed by atoms with Gasteiger partial charge >= 0.3 is 0 Å². The number of hydrogen-bond acceptors (Lipinski definition) is 5. The summed E-state index contributed by atoms with van der Waals surface area (Å²) in [5.74, 6) is -0.390. The van der Waals surface area contributed by atoms with Crippen molar-refractivity contribution in [3.63, 3.8) is 0 Å². The molecule has 0 aliphatic rings. The lowest BCUT2D eigenvalue weighted by Gasteiger charge is -2.34. The van der Waals surface area contributed by atoms with Gasteiger partial charge in [-0.05, 0) is 61.7 Å². The molecule has 4 rings (SSSR count). The summed E-state index contributed by atoms with van der Waals surface area (Å²) in [5, 5.41) is 2.97. The molecule has 0 saturated heterocycles. The third-order valence-electron chi connectivity index (χ3n) is 7.26. The SMILES string of the molecule is COc1cccc(N(CC(=O)N(Cc2ccccc2C)[C@H](Cc2ccccc2)C(=O)NC(C)C)S(=O)(=O)c2ccccc2)c1. The predicted molar refractivity (Wildman–Crippen MR) is 173 cm³/mol. The van der Waals surface area contributed by atoms with Gasteiger partial charge in [0, 0.05) is 25.1 Å². The Balaban J connectivity index is 1.82. The predicted octanol–water partition coefficient (Wildman–Crippen LogP) is 5.36. The summed E-state index contributed by atoms with van der Waals surface area (Å²) in [6.45, 7) is 5.26. The second kappa shape index (κ2) is 14.7. The molecule has 0 aliphatic carbocycles. The number of carbonyl (C=O) groups excluding carboxylic acids is 2. The molecule has 4 aromatic carbocycles. The van der Waals surface area contributed by atoms with Crippen LogP contribution >= 0.6 is 0 Å². The van der Waals surface area contributed by atoms with Crippen molar-refractivity contribution in [2.75, 3.05) is 18.0 Å². The molecule has 2 amide bonds. The van der Waals surface area contributed by atoms with Crippen LogP contribution in [0.25, 0.3) is 0 Å². The van der Waals surface area contributed by atoms with Gasteiger partial charge in [-0.1, -0.05) is 78.9 Å². The van der Waals surface area contributed by atoms with Crippen LogP contribution in [0.3, 0.4) is 0 Å². The van der Waals surface area contributed by atoms with Crippen molar-refractivity contribution < 1.29 is 22.7 Å². The highest BCUT2D eigenvalue weighted by atomic mass is 32.2. The average molecular weight is 614 g/mol. The molecule has 0 aromatic heterocycles. The minimum absolute atomic E-state index is 0.0412. The van der Waals surface area contributed by atoms with E-state index in [9.17, 15) is 18.0 Å². The number of nitrogens with zero attached hydrogens (tertiary/aromatic N) is 2. The van der Waals surface area contributed by atoms with E-state index < -0.39 is 28.5 Å². The van der Waals surface area contributed by atoms with E-state index in [0.717, 1.165) is 21.0 Å². The molecule has 0 unspecified atom stereocenters. The van der Waals surface area contributed by atoms with Crippen molar-refractivity contribution in [2.45, 2.75) is 50.7 Å². The van der Waals surface area contributed by atoms with Crippen molar-refractivity contribution in [1.82, 2.24) is 10.2 Å². The quantitative estimate of drug-likeness (QED) is 0.219. The molecular weight excluding hydrogens is 574 g/mol. The van der Waals surface area contributed by atoms with Crippen LogP contribution in [0.15, 0.2) is 114 Å². The molecule has 1 N–H and O–H groups in total. The largest absolute Gasteiger partial charge is 0.497 e. The highest BCUT2D eigenvalue weighted by Gasteiger charge is 2.35. The lowest BCUT2D eigenvalue weighted by atomic mass is 10.0. The summed E-state index contributed by atoms with van der Waals surface area (Å²) in [5.41, 5.74) is 2.95. The van der Waals surface area contributed by atoms with Gasteiger partial charge in [0.1, 0.15) is 18.3 Å². The summed E-state index contributed by atoms with van der Waals surface area (Å²) >= 11 is 0. The van der Waals surface area contributed by atoms with Crippen molar-refractivity contribution in [3.05, 3.63) is 126 Å². The van der Waals surface area contributed by atoms with Crippen molar-refractivity contribution in [1.29, 1.82) is 0 Å². The maximum Gasteiger partial charge on any atom is 0.264 e. The number of sulfonamides is 1. The van der Waals surface area contributed by atoms with Gasteiger partial charge in [-0.3, -0.25) is 13.9 Å². The number of hydrogen-bond donors (Lipinski definition) is 1. The summed E-state index contributed by atoms with van der Waals surface area (Å²) in [6.07, 6.45) is 0.252. The second-order valence-corrected chi connectivity index (χ2v) is 12.7. The first kappa shape index (κ1) is 32.3. The van der Waals surface area contributed by atoms with E-state index in [-0.39, 0.29) is 35.5 Å². The summed E-state index contributed by atoms with van der Waals surface area (Å²) < 4.78 is 34.6. The fourth-order valence-electron chi connectivity index (χ4n) is 4.92. The number of rotatable bonds is 13. The molecule has 0 fully saturated rings. The molecule has 4 aromatic rings. The Hall–Kier alpha value is -4.63. The Morgan fingerprint density at radius 3 is 2.11 bits per heavy atom. The zero-order valence-corrected chi connectivity index (χ0v) is 26.3. The van der Waals surface area contributed by atoms with Crippen molar-refractivity contribution in [3.8, 4) is 5.75 Å². The number of benzene rings is 4. The van der Waals surface area contributed by atoms with Gasteiger partial charge in [-0.15, -0.1) is 0 Å². The minimum atomic E-state index is -4.18. The van der Waals surface area contributed by atoms with Crippen molar-refractivity contribution in [2.24, 2.45) is 0 Å². The fraction of sp³-hybridized carbons (Fsp3) is 0.257. The van der Waals surface area contributed by atoms with E-state index in [1.165, 1.54) is 24.1 Å². The highest BCUT2D eigenvalue weighted by molar-refractivity contribution is 7.92. The molecule has 1 atom stereocenters. The summed E-state index contributed by atoms with van der Waals surface area (Å²) in [4.78, 5) is 29.8. The first-order chi connectivity index (χ1) is 21.1. The Kier molecular flexibility index (Phi) is 10.8. The molecular formula is C35H39N3O5S. The first-order valence-corrected chi connectivity index (χ1v) is 15.9. The molecule has 0 radical (unpaired) electrons. The van der Waals surface area contributed by atoms with Crippen LogP contribution in [-0.2, 0) is 32.6 Å². The van der Waals surface area contributed by atoms with Crippen LogP contribution < -0.4 is 14.4 Å². The molecule has 0 heterocycles. The normalized spacial score (nSPS) is 11.9. The molecule has 0 aliphatic heterocycles. The van der Waals surface area contributed by atoms with E-state index in [2.05, 4.69) is 5.32 Å². The van der Waals surface area contributed by atoms with Gasteiger partial charge in [0.15, 0.2) is 0 Å². The minimum Gasteiger partial charge on any atom is -0.497 e. The number of nitrogens with one attached hydrogen (secondary N) is 1. The van der Waals surface area contributed by atoms with Crippen LogP contribution in [0.1, 0.15) is 30.5 Å².